The van der Waals surface area contributed by atoms with Gasteiger partial charge in [-0.3, -0.25) is 0 Å². The van der Waals surface area contributed by atoms with E-state index in [1.165, 1.54) is 29.4 Å². The van der Waals surface area contributed by atoms with Crippen LogP contribution in [0, 0.1) is 0 Å². The van der Waals surface area contributed by atoms with Crippen LogP contribution in [0.2, 0.25) is 0 Å². The van der Waals surface area contributed by atoms with Crippen molar-refractivity contribution in [3.63, 3.8) is 0 Å². The van der Waals surface area contributed by atoms with Gasteiger partial charge in [0.05, 0.1) is 5.69 Å². The Morgan fingerprint density at radius 2 is 2.21 bits per heavy atom. The molecule has 1 aromatic carbocycles. The van der Waals surface area contributed by atoms with E-state index in [4.69, 9.17) is 0 Å². The molecule has 1 aromatic rings. The Bertz CT molecular complexity index is 387. The highest BCUT2D eigenvalue weighted by Crippen LogP contribution is 2.31. The average molecular weight is 204 g/mol. The maximum absolute atomic E-state index is 4.67. The first-order chi connectivity index (χ1) is 6.93. The summed E-state index contributed by atoms with van der Waals surface area (Å²) in [5.74, 6) is 1.22. The Hall–Kier alpha value is -0.960. The van der Waals surface area contributed by atoms with E-state index in [9.17, 15) is 0 Å². The fourth-order valence-electron chi connectivity index (χ4n) is 1.92. The average Bonchev–Trinajstić information content (AvgIpc) is 2.26. The summed E-state index contributed by atoms with van der Waals surface area (Å²) in [5, 5.41) is 1.22. The first-order valence-electron chi connectivity index (χ1n) is 4.98. The zero-order chi connectivity index (χ0) is 9.38. The molecule has 0 radical (unpaired) electrons. The molecule has 0 aromatic heterocycles. The Kier molecular flexibility index (Phi) is 1.98. The highest BCUT2D eigenvalue weighted by atomic mass is 32.2. The summed E-state index contributed by atoms with van der Waals surface area (Å²) in [6.45, 7) is 2.21. The van der Waals surface area contributed by atoms with Gasteiger partial charge in [-0.05, 0) is 18.1 Å². The third-order valence-corrected chi connectivity index (χ3v) is 3.74. The van der Waals surface area contributed by atoms with Crippen molar-refractivity contribution in [3.8, 4) is 0 Å². The van der Waals surface area contributed by atoms with Gasteiger partial charge < -0.3 is 4.90 Å². The monoisotopic (exact) mass is 204 g/mol. The Balaban J connectivity index is 2.03. The molecule has 3 heteroatoms. The van der Waals surface area contributed by atoms with E-state index in [2.05, 4.69) is 34.2 Å². The highest BCUT2D eigenvalue weighted by Gasteiger charge is 2.22. The summed E-state index contributed by atoms with van der Waals surface area (Å²) in [5.41, 5.74) is 2.52. The Labute approximate surface area is 88.0 Å². The van der Waals surface area contributed by atoms with E-state index in [-0.39, 0.29) is 0 Å². The lowest BCUT2D eigenvalue weighted by atomic mass is 10.1. The van der Waals surface area contributed by atoms with Crippen molar-refractivity contribution >= 4 is 22.6 Å². The molecular formula is C11H12N2S. The lowest BCUT2D eigenvalue weighted by molar-refractivity contribution is 0.411. The van der Waals surface area contributed by atoms with Crippen LogP contribution in [0.1, 0.15) is 12.0 Å². The molecule has 2 aliphatic rings. The number of nitrogens with zero attached hydrogens (tertiary/aromatic N) is 2. The van der Waals surface area contributed by atoms with Crippen molar-refractivity contribution in [3.05, 3.63) is 29.8 Å². The van der Waals surface area contributed by atoms with E-state index in [1.54, 1.807) is 0 Å². The van der Waals surface area contributed by atoms with Crippen LogP contribution >= 0.6 is 11.8 Å². The number of hydrogen-bond acceptors (Lipinski definition) is 3. The number of amidine groups is 1. The molecule has 2 aliphatic heterocycles. The van der Waals surface area contributed by atoms with Gasteiger partial charge in [-0.1, -0.05) is 30.0 Å². The van der Waals surface area contributed by atoms with Crippen LogP contribution in [0.15, 0.2) is 29.3 Å². The van der Waals surface area contributed by atoms with Crippen molar-refractivity contribution < 1.29 is 0 Å². The predicted molar refractivity (Wildman–Crippen MR) is 61.0 cm³/mol. The van der Waals surface area contributed by atoms with E-state index in [1.807, 2.05) is 11.8 Å². The van der Waals surface area contributed by atoms with E-state index >= 15 is 0 Å². The molecule has 72 valence electrons. The predicted octanol–water partition coefficient (Wildman–Crippen LogP) is 2.63. The van der Waals surface area contributed by atoms with E-state index in [0.717, 1.165) is 12.2 Å². The minimum Gasteiger partial charge on any atom is -0.347 e. The SMILES string of the molecule is c1ccc2c(c1)CN1CCCSC1=N2. The molecule has 2 heterocycles. The smallest absolute Gasteiger partial charge is 0.164 e. The minimum atomic E-state index is 1.04. The maximum Gasteiger partial charge on any atom is 0.164 e. The first-order valence-corrected chi connectivity index (χ1v) is 5.96. The van der Waals surface area contributed by atoms with Crippen LogP contribution in [-0.2, 0) is 6.54 Å². The van der Waals surface area contributed by atoms with Crippen molar-refractivity contribution in [2.24, 2.45) is 4.99 Å². The van der Waals surface area contributed by atoms with Crippen LogP contribution in [-0.4, -0.2) is 22.4 Å². The van der Waals surface area contributed by atoms with Crippen LogP contribution < -0.4 is 0 Å². The minimum absolute atomic E-state index is 1.04. The molecule has 2 nitrogen and oxygen atoms in total. The molecule has 1 saturated heterocycles. The zero-order valence-electron chi connectivity index (χ0n) is 7.94. The van der Waals surface area contributed by atoms with Gasteiger partial charge in [-0.25, -0.2) is 4.99 Å². The molecule has 0 unspecified atom stereocenters. The third-order valence-electron chi connectivity index (χ3n) is 2.64. The van der Waals surface area contributed by atoms with E-state index < -0.39 is 0 Å². The molecule has 0 N–H and O–H groups in total. The van der Waals surface area contributed by atoms with Crippen LogP contribution in [0.25, 0.3) is 0 Å². The summed E-state index contributed by atoms with van der Waals surface area (Å²) in [7, 11) is 0. The van der Waals surface area contributed by atoms with Crippen LogP contribution in [0.4, 0.5) is 5.69 Å². The molecule has 0 aliphatic carbocycles. The van der Waals surface area contributed by atoms with Crippen molar-refractivity contribution in [2.45, 2.75) is 13.0 Å². The summed E-state index contributed by atoms with van der Waals surface area (Å²) in [4.78, 5) is 7.06. The number of fused-ring (bicyclic) bond motifs is 2. The van der Waals surface area contributed by atoms with Crippen molar-refractivity contribution in [1.82, 2.24) is 4.90 Å². The molecule has 1 fully saturated rings. The second-order valence-corrected chi connectivity index (χ2v) is 4.71. The lowest BCUT2D eigenvalue weighted by Gasteiger charge is -2.33. The fourth-order valence-corrected chi connectivity index (χ4v) is 2.88. The van der Waals surface area contributed by atoms with Gasteiger partial charge in [-0.15, -0.1) is 0 Å². The highest BCUT2D eigenvalue weighted by molar-refractivity contribution is 8.13. The molecule has 14 heavy (non-hydrogen) atoms. The molecule has 3 rings (SSSR count). The van der Waals surface area contributed by atoms with E-state index in [0.29, 0.717) is 0 Å². The number of rotatable bonds is 0. The van der Waals surface area contributed by atoms with Gasteiger partial charge in [0.2, 0.25) is 0 Å². The number of aliphatic imine (C=N–C) groups is 1. The summed E-state index contributed by atoms with van der Waals surface area (Å²) < 4.78 is 0. The molecule has 0 saturated carbocycles. The third kappa shape index (κ3) is 1.32. The topological polar surface area (TPSA) is 15.6 Å². The molecular weight excluding hydrogens is 192 g/mol. The summed E-state index contributed by atoms with van der Waals surface area (Å²) in [6.07, 6.45) is 1.28. The summed E-state index contributed by atoms with van der Waals surface area (Å²) in [6, 6.07) is 8.44. The number of hydrogen-bond donors (Lipinski definition) is 0. The quantitative estimate of drug-likeness (QED) is 0.645. The number of thioether (sulfide) groups is 1. The maximum atomic E-state index is 4.67. The van der Waals surface area contributed by atoms with Crippen molar-refractivity contribution in [2.75, 3.05) is 12.3 Å². The second-order valence-electron chi connectivity index (χ2n) is 3.65. The zero-order valence-corrected chi connectivity index (χ0v) is 8.76. The molecule has 0 atom stereocenters. The normalized spacial score (nSPS) is 19.7. The standard InChI is InChI=1S/C11H12N2S/c1-2-5-10-9(4-1)8-13-6-3-7-14-11(13)12-10/h1-2,4-5H,3,6-8H2. The molecule has 0 spiro atoms. The number of benzene rings is 1. The Morgan fingerprint density at radius 3 is 3.21 bits per heavy atom. The van der Waals surface area contributed by atoms with Gasteiger partial charge in [0, 0.05) is 18.8 Å². The summed E-state index contributed by atoms with van der Waals surface area (Å²) >= 11 is 1.89. The Morgan fingerprint density at radius 1 is 1.29 bits per heavy atom. The van der Waals surface area contributed by atoms with Gasteiger partial charge >= 0.3 is 0 Å². The van der Waals surface area contributed by atoms with Crippen LogP contribution in [0.5, 0.6) is 0 Å². The molecule has 0 amide bonds. The number of para-hydroxylation sites is 1. The van der Waals surface area contributed by atoms with Gasteiger partial charge in [-0.2, -0.15) is 0 Å². The van der Waals surface area contributed by atoms with Gasteiger partial charge in [0.25, 0.3) is 0 Å². The van der Waals surface area contributed by atoms with Gasteiger partial charge in [0.15, 0.2) is 5.17 Å². The fraction of sp³-hybridized carbons (Fsp3) is 0.364. The lowest BCUT2D eigenvalue weighted by Crippen LogP contribution is -2.35. The largest absolute Gasteiger partial charge is 0.347 e. The molecule has 0 bridgehead atoms. The van der Waals surface area contributed by atoms with Crippen molar-refractivity contribution in [1.29, 1.82) is 0 Å². The van der Waals surface area contributed by atoms with Gasteiger partial charge in [0.1, 0.15) is 0 Å². The van der Waals surface area contributed by atoms with Crippen LogP contribution in [0.3, 0.4) is 0 Å². The second kappa shape index (κ2) is 3.31. The first kappa shape index (κ1) is 8.36.